The smallest absolute Gasteiger partial charge is 0.358 e. The van der Waals surface area contributed by atoms with Crippen molar-refractivity contribution in [1.82, 2.24) is 15.0 Å². The van der Waals surface area contributed by atoms with Crippen LogP contribution in [0.1, 0.15) is 23.8 Å². The molecule has 2 N–H and O–H groups in total. The second-order valence-electron chi connectivity index (χ2n) is 4.20. The van der Waals surface area contributed by atoms with Crippen molar-refractivity contribution in [2.45, 2.75) is 26.0 Å². The fourth-order valence-corrected chi connectivity index (χ4v) is 1.80. The fourth-order valence-electron chi connectivity index (χ4n) is 1.80. The number of benzene rings is 1. The van der Waals surface area contributed by atoms with Gasteiger partial charge in [-0.3, -0.25) is 0 Å². The highest BCUT2D eigenvalue weighted by molar-refractivity contribution is 5.92. The van der Waals surface area contributed by atoms with Crippen molar-refractivity contribution >= 4 is 5.97 Å². The van der Waals surface area contributed by atoms with E-state index in [1.165, 1.54) is 4.68 Å². The Bertz CT molecular complexity index is 566. The van der Waals surface area contributed by atoms with Crippen molar-refractivity contribution in [3.63, 3.8) is 0 Å². The van der Waals surface area contributed by atoms with Crippen LogP contribution in [0.25, 0.3) is 11.3 Å². The van der Waals surface area contributed by atoms with Gasteiger partial charge in [-0.1, -0.05) is 42.5 Å². The minimum Gasteiger partial charge on any atom is -0.476 e. The molecule has 0 aliphatic heterocycles. The first-order valence-electron chi connectivity index (χ1n) is 6.03. The number of hydrogen-bond donors (Lipinski definition) is 2. The highest BCUT2D eigenvalue weighted by atomic mass is 16.4. The summed E-state index contributed by atoms with van der Waals surface area (Å²) in [5, 5.41) is 26.4. The largest absolute Gasteiger partial charge is 0.476 e. The van der Waals surface area contributed by atoms with Crippen molar-refractivity contribution in [2.24, 2.45) is 0 Å². The average molecular weight is 261 g/mol. The highest BCUT2D eigenvalue weighted by Gasteiger charge is 2.21. The average Bonchev–Trinajstić information content (AvgIpc) is 2.83. The molecular formula is C13H15N3O3. The Labute approximate surface area is 110 Å². The number of carboxylic acids is 1. The van der Waals surface area contributed by atoms with Crippen LogP contribution in [-0.2, 0) is 6.54 Å². The third-order valence-electron chi connectivity index (χ3n) is 2.84. The first kappa shape index (κ1) is 13.2. The van der Waals surface area contributed by atoms with Crippen LogP contribution in [0.15, 0.2) is 30.3 Å². The lowest BCUT2D eigenvalue weighted by Gasteiger charge is -2.10. The summed E-state index contributed by atoms with van der Waals surface area (Å²) in [7, 11) is 0. The van der Waals surface area contributed by atoms with Crippen molar-refractivity contribution in [3.05, 3.63) is 36.0 Å². The second kappa shape index (κ2) is 5.62. The summed E-state index contributed by atoms with van der Waals surface area (Å²) in [6.45, 7) is 2.07. The Balaban J connectivity index is 2.48. The molecule has 0 amide bonds. The number of hydrogen-bond acceptors (Lipinski definition) is 4. The van der Waals surface area contributed by atoms with Crippen LogP contribution in [0.3, 0.4) is 0 Å². The third-order valence-corrected chi connectivity index (χ3v) is 2.84. The van der Waals surface area contributed by atoms with Crippen molar-refractivity contribution < 1.29 is 15.0 Å². The number of aromatic nitrogens is 3. The second-order valence-corrected chi connectivity index (χ2v) is 4.20. The number of carboxylic acid groups (broad SMARTS) is 1. The molecule has 1 atom stereocenters. The predicted molar refractivity (Wildman–Crippen MR) is 68.7 cm³/mol. The zero-order valence-corrected chi connectivity index (χ0v) is 10.5. The van der Waals surface area contributed by atoms with E-state index in [0.29, 0.717) is 17.7 Å². The van der Waals surface area contributed by atoms with Gasteiger partial charge in [0.05, 0.1) is 12.6 Å². The minimum absolute atomic E-state index is 0.102. The van der Waals surface area contributed by atoms with Gasteiger partial charge in [0.2, 0.25) is 0 Å². The van der Waals surface area contributed by atoms with E-state index >= 15 is 0 Å². The van der Waals surface area contributed by atoms with Crippen LogP contribution in [-0.4, -0.2) is 37.3 Å². The maximum absolute atomic E-state index is 11.2. The first-order chi connectivity index (χ1) is 9.13. The van der Waals surface area contributed by atoms with Gasteiger partial charge in [-0.25, -0.2) is 9.48 Å². The lowest BCUT2D eigenvalue weighted by Crippen LogP contribution is -2.17. The molecule has 1 heterocycles. The molecule has 0 spiro atoms. The fraction of sp³-hybridized carbons (Fsp3) is 0.308. The van der Waals surface area contributed by atoms with Crippen molar-refractivity contribution in [1.29, 1.82) is 0 Å². The Hall–Kier alpha value is -2.21. The highest BCUT2D eigenvalue weighted by Crippen LogP contribution is 2.22. The van der Waals surface area contributed by atoms with E-state index in [9.17, 15) is 9.90 Å². The molecule has 100 valence electrons. The summed E-state index contributed by atoms with van der Waals surface area (Å²) in [4.78, 5) is 11.2. The van der Waals surface area contributed by atoms with E-state index in [4.69, 9.17) is 5.11 Å². The van der Waals surface area contributed by atoms with Gasteiger partial charge in [0, 0.05) is 5.56 Å². The zero-order chi connectivity index (χ0) is 13.8. The Morgan fingerprint density at radius 3 is 2.63 bits per heavy atom. The molecular weight excluding hydrogens is 246 g/mol. The quantitative estimate of drug-likeness (QED) is 0.849. The van der Waals surface area contributed by atoms with Crippen LogP contribution in [0.5, 0.6) is 0 Å². The van der Waals surface area contributed by atoms with Crippen LogP contribution in [0.2, 0.25) is 0 Å². The van der Waals surface area contributed by atoms with E-state index in [1.54, 1.807) is 12.1 Å². The van der Waals surface area contributed by atoms with E-state index in [2.05, 4.69) is 10.3 Å². The van der Waals surface area contributed by atoms with Gasteiger partial charge < -0.3 is 10.2 Å². The lowest BCUT2D eigenvalue weighted by atomic mass is 10.1. The van der Waals surface area contributed by atoms with Gasteiger partial charge in [0.25, 0.3) is 0 Å². The van der Waals surface area contributed by atoms with Crippen LogP contribution < -0.4 is 0 Å². The predicted octanol–water partition coefficient (Wildman–Crippen LogP) is 1.41. The summed E-state index contributed by atoms with van der Waals surface area (Å²) in [5.74, 6) is -1.13. The standard InChI is InChI=1S/C13H15N3O3/c1-2-10(17)8-16-12(9-6-4-3-5-7-9)11(13(18)19)14-15-16/h3-7,10,17H,2,8H2,1H3,(H,18,19). The minimum atomic E-state index is -1.13. The number of rotatable bonds is 5. The normalized spacial score (nSPS) is 12.3. The summed E-state index contributed by atoms with van der Waals surface area (Å²) in [5.41, 5.74) is 1.03. The molecule has 1 aromatic heterocycles. The molecule has 0 bridgehead atoms. The van der Waals surface area contributed by atoms with Gasteiger partial charge in [-0.15, -0.1) is 5.10 Å². The Morgan fingerprint density at radius 1 is 1.37 bits per heavy atom. The molecule has 0 saturated carbocycles. The van der Waals surface area contributed by atoms with E-state index < -0.39 is 12.1 Å². The summed E-state index contributed by atoms with van der Waals surface area (Å²) >= 11 is 0. The van der Waals surface area contributed by atoms with E-state index in [-0.39, 0.29) is 12.2 Å². The van der Waals surface area contributed by atoms with Crippen molar-refractivity contribution in [3.8, 4) is 11.3 Å². The van der Waals surface area contributed by atoms with Crippen LogP contribution in [0.4, 0.5) is 0 Å². The number of nitrogens with zero attached hydrogens (tertiary/aromatic N) is 3. The summed E-state index contributed by atoms with van der Waals surface area (Å²) < 4.78 is 1.44. The Morgan fingerprint density at radius 2 is 2.05 bits per heavy atom. The molecule has 2 rings (SSSR count). The summed E-state index contributed by atoms with van der Waals surface area (Å²) in [6, 6.07) is 9.06. The number of aromatic carboxylic acids is 1. The van der Waals surface area contributed by atoms with Gasteiger partial charge in [-0.2, -0.15) is 0 Å². The monoisotopic (exact) mass is 261 g/mol. The molecule has 0 fully saturated rings. The van der Waals surface area contributed by atoms with Crippen molar-refractivity contribution in [2.75, 3.05) is 0 Å². The molecule has 0 aliphatic carbocycles. The van der Waals surface area contributed by atoms with Gasteiger partial charge in [0.15, 0.2) is 5.69 Å². The molecule has 1 aromatic carbocycles. The molecule has 19 heavy (non-hydrogen) atoms. The number of aliphatic hydroxyl groups is 1. The third kappa shape index (κ3) is 2.79. The summed E-state index contributed by atoms with van der Waals surface area (Å²) in [6.07, 6.45) is -0.0120. The molecule has 0 aliphatic rings. The molecule has 0 saturated heterocycles. The molecule has 0 radical (unpaired) electrons. The molecule has 2 aromatic rings. The number of aliphatic hydroxyl groups excluding tert-OH is 1. The van der Waals surface area contributed by atoms with Crippen LogP contribution >= 0.6 is 0 Å². The molecule has 1 unspecified atom stereocenters. The maximum atomic E-state index is 11.2. The number of carbonyl (C=O) groups is 1. The first-order valence-corrected chi connectivity index (χ1v) is 6.03. The van der Waals surface area contributed by atoms with Gasteiger partial charge >= 0.3 is 5.97 Å². The lowest BCUT2D eigenvalue weighted by molar-refractivity contribution is 0.0691. The molecule has 6 heteroatoms. The SMILES string of the molecule is CCC(O)Cn1nnc(C(=O)O)c1-c1ccccc1. The van der Waals surface area contributed by atoms with Gasteiger partial charge in [-0.05, 0) is 6.42 Å². The van der Waals surface area contributed by atoms with Crippen LogP contribution in [0, 0.1) is 0 Å². The van der Waals surface area contributed by atoms with E-state index in [1.807, 2.05) is 25.1 Å². The maximum Gasteiger partial charge on any atom is 0.358 e. The Kier molecular flexibility index (Phi) is 3.91. The van der Waals surface area contributed by atoms with E-state index in [0.717, 1.165) is 0 Å². The zero-order valence-electron chi connectivity index (χ0n) is 10.5. The molecule has 6 nitrogen and oxygen atoms in total. The topological polar surface area (TPSA) is 88.2 Å². The van der Waals surface area contributed by atoms with Gasteiger partial charge in [0.1, 0.15) is 5.69 Å².